The molecule has 0 aliphatic heterocycles. The topological polar surface area (TPSA) is 59.2 Å². The largest absolute Gasteiger partial charge is 0.392 e. The predicted octanol–water partition coefficient (Wildman–Crippen LogP) is 1.83. The highest BCUT2D eigenvalue weighted by Gasteiger charge is 2.15. The molecule has 1 heterocycles. The van der Waals surface area contributed by atoms with Gasteiger partial charge in [0.2, 0.25) is 5.89 Å². The molecule has 0 fully saturated rings. The molecule has 1 N–H and O–H groups in total. The van der Waals surface area contributed by atoms with E-state index in [1.165, 1.54) is 0 Å². The van der Waals surface area contributed by atoms with Crippen LogP contribution in [0.1, 0.15) is 39.4 Å². The number of hydrogen-bond donors (Lipinski definition) is 1. The zero-order chi connectivity index (χ0) is 11.4. The van der Waals surface area contributed by atoms with Crippen molar-refractivity contribution in [3.8, 4) is 0 Å². The summed E-state index contributed by atoms with van der Waals surface area (Å²) in [5, 5.41) is 13.5. The van der Waals surface area contributed by atoms with E-state index in [0.717, 1.165) is 12.2 Å². The van der Waals surface area contributed by atoms with Crippen LogP contribution < -0.4 is 0 Å². The van der Waals surface area contributed by atoms with E-state index in [1.807, 2.05) is 13.8 Å². The monoisotopic (exact) mass is 212 g/mol. The first-order valence-electron chi connectivity index (χ1n) is 5.48. The molecular formula is C11H20N2O2. The predicted molar refractivity (Wildman–Crippen MR) is 57.4 cm³/mol. The molecular weight excluding hydrogens is 192 g/mol. The van der Waals surface area contributed by atoms with E-state index in [0.29, 0.717) is 18.2 Å². The van der Waals surface area contributed by atoms with Gasteiger partial charge >= 0.3 is 0 Å². The number of hydrogen-bond acceptors (Lipinski definition) is 4. The Balaban J connectivity index is 2.53. The Labute approximate surface area is 90.7 Å². The number of rotatable bonds is 5. The molecule has 0 saturated carbocycles. The minimum Gasteiger partial charge on any atom is -0.392 e. The van der Waals surface area contributed by atoms with Gasteiger partial charge in [0.15, 0.2) is 5.82 Å². The van der Waals surface area contributed by atoms with Crippen LogP contribution in [0.5, 0.6) is 0 Å². The van der Waals surface area contributed by atoms with Crippen LogP contribution in [0.4, 0.5) is 0 Å². The van der Waals surface area contributed by atoms with E-state index in [-0.39, 0.29) is 5.92 Å². The first-order chi connectivity index (χ1) is 6.99. The third kappa shape index (κ3) is 4.00. The van der Waals surface area contributed by atoms with Gasteiger partial charge in [0.1, 0.15) is 0 Å². The summed E-state index contributed by atoms with van der Waals surface area (Å²) in [5.41, 5.74) is 0. The second-order valence-corrected chi connectivity index (χ2v) is 4.72. The summed E-state index contributed by atoms with van der Waals surface area (Å²) in [6.07, 6.45) is 0.863. The van der Waals surface area contributed by atoms with E-state index >= 15 is 0 Å². The lowest BCUT2D eigenvalue weighted by Gasteiger charge is -2.10. The normalized spacial score (nSPS) is 13.8. The highest BCUT2D eigenvalue weighted by atomic mass is 16.5. The Kier molecular flexibility index (Phi) is 4.27. The molecule has 4 nitrogen and oxygen atoms in total. The van der Waals surface area contributed by atoms with Gasteiger partial charge < -0.3 is 9.63 Å². The third-order valence-corrected chi connectivity index (χ3v) is 2.25. The van der Waals surface area contributed by atoms with Gasteiger partial charge in [0, 0.05) is 6.42 Å². The quantitative estimate of drug-likeness (QED) is 0.809. The van der Waals surface area contributed by atoms with Gasteiger partial charge in [0.25, 0.3) is 0 Å². The molecule has 0 amide bonds. The van der Waals surface area contributed by atoms with Crippen molar-refractivity contribution < 1.29 is 9.63 Å². The van der Waals surface area contributed by atoms with Crippen LogP contribution in [0, 0.1) is 11.8 Å². The average Bonchev–Trinajstić information content (AvgIpc) is 2.51. The molecule has 1 unspecified atom stereocenters. The van der Waals surface area contributed by atoms with Crippen molar-refractivity contribution in [2.75, 3.05) is 0 Å². The van der Waals surface area contributed by atoms with Crippen LogP contribution in [-0.2, 0) is 12.8 Å². The van der Waals surface area contributed by atoms with Gasteiger partial charge in [-0.3, -0.25) is 0 Å². The molecule has 0 spiro atoms. The van der Waals surface area contributed by atoms with Crippen molar-refractivity contribution in [1.82, 2.24) is 10.1 Å². The number of nitrogens with zero attached hydrogens (tertiary/aromatic N) is 2. The highest BCUT2D eigenvalue weighted by Crippen LogP contribution is 2.10. The van der Waals surface area contributed by atoms with Gasteiger partial charge in [-0.1, -0.05) is 32.9 Å². The van der Waals surface area contributed by atoms with Crippen LogP contribution in [-0.4, -0.2) is 21.4 Å². The van der Waals surface area contributed by atoms with Crippen molar-refractivity contribution in [2.24, 2.45) is 11.8 Å². The second kappa shape index (κ2) is 5.26. The maximum Gasteiger partial charge on any atom is 0.229 e. The fourth-order valence-electron chi connectivity index (χ4n) is 1.24. The van der Waals surface area contributed by atoms with Crippen molar-refractivity contribution in [2.45, 2.75) is 46.6 Å². The minimum atomic E-state index is -0.405. The zero-order valence-corrected chi connectivity index (χ0v) is 9.90. The summed E-state index contributed by atoms with van der Waals surface area (Å²) >= 11 is 0. The number of aromatic nitrogens is 2. The average molecular weight is 212 g/mol. The fourth-order valence-corrected chi connectivity index (χ4v) is 1.24. The van der Waals surface area contributed by atoms with Gasteiger partial charge in [-0.25, -0.2) is 0 Å². The van der Waals surface area contributed by atoms with Crippen molar-refractivity contribution in [1.29, 1.82) is 0 Å². The van der Waals surface area contributed by atoms with Gasteiger partial charge in [0.05, 0.1) is 12.5 Å². The molecule has 0 saturated heterocycles. The van der Waals surface area contributed by atoms with Crippen LogP contribution in [0.25, 0.3) is 0 Å². The summed E-state index contributed by atoms with van der Waals surface area (Å²) in [6.45, 7) is 8.16. The number of aliphatic hydroxyl groups is 1. The Morgan fingerprint density at radius 2 is 1.87 bits per heavy atom. The SMILES string of the molecule is CC(C)Cc1noc(CC(O)C(C)C)n1. The molecule has 0 bridgehead atoms. The lowest BCUT2D eigenvalue weighted by atomic mass is 10.0. The second-order valence-electron chi connectivity index (χ2n) is 4.72. The standard InChI is InChI=1S/C11H20N2O2/c1-7(2)5-10-12-11(15-13-10)6-9(14)8(3)4/h7-9,14H,5-6H2,1-4H3. The Morgan fingerprint density at radius 3 is 2.40 bits per heavy atom. The molecule has 15 heavy (non-hydrogen) atoms. The van der Waals surface area contributed by atoms with Crippen molar-refractivity contribution >= 4 is 0 Å². The molecule has 1 aromatic rings. The summed E-state index contributed by atoms with van der Waals surface area (Å²) in [6, 6.07) is 0. The van der Waals surface area contributed by atoms with Crippen LogP contribution >= 0.6 is 0 Å². The lowest BCUT2D eigenvalue weighted by molar-refractivity contribution is 0.116. The van der Waals surface area contributed by atoms with Crippen LogP contribution in [0.2, 0.25) is 0 Å². The van der Waals surface area contributed by atoms with E-state index in [2.05, 4.69) is 24.0 Å². The summed E-state index contributed by atoms with van der Waals surface area (Å²) in [4.78, 5) is 4.23. The maximum absolute atomic E-state index is 9.64. The van der Waals surface area contributed by atoms with E-state index in [9.17, 15) is 5.11 Å². The molecule has 0 aliphatic carbocycles. The molecule has 0 radical (unpaired) electrons. The number of aliphatic hydroxyl groups excluding tert-OH is 1. The lowest BCUT2D eigenvalue weighted by Crippen LogP contribution is -2.17. The third-order valence-electron chi connectivity index (χ3n) is 2.25. The zero-order valence-electron chi connectivity index (χ0n) is 9.90. The Bertz CT molecular complexity index is 295. The minimum absolute atomic E-state index is 0.213. The summed E-state index contributed by atoms with van der Waals surface area (Å²) < 4.78 is 5.07. The van der Waals surface area contributed by atoms with Gasteiger partial charge in [-0.2, -0.15) is 4.98 Å². The smallest absolute Gasteiger partial charge is 0.229 e. The van der Waals surface area contributed by atoms with Gasteiger partial charge in [-0.15, -0.1) is 0 Å². The first-order valence-corrected chi connectivity index (χ1v) is 5.48. The molecule has 0 aromatic carbocycles. The maximum atomic E-state index is 9.64. The Morgan fingerprint density at radius 1 is 1.20 bits per heavy atom. The van der Waals surface area contributed by atoms with Gasteiger partial charge in [-0.05, 0) is 11.8 Å². The van der Waals surface area contributed by atoms with E-state index in [4.69, 9.17) is 4.52 Å². The fraction of sp³-hybridized carbons (Fsp3) is 0.818. The molecule has 0 aliphatic rings. The Hall–Kier alpha value is -0.900. The van der Waals surface area contributed by atoms with Crippen LogP contribution in [0.15, 0.2) is 4.52 Å². The highest BCUT2D eigenvalue weighted by molar-refractivity contribution is 4.89. The van der Waals surface area contributed by atoms with E-state index < -0.39 is 6.10 Å². The summed E-state index contributed by atoms with van der Waals surface area (Å²) in [7, 11) is 0. The van der Waals surface area contributed by atoms with Crippen LogP contribution in [0.3, 0.4) is 0 Å². The van der Waals surface area contributed by atoms with Crippen molar-refractivity contribution in [3.05, 3.63) is 11.7 Å². The molecule has 86 valence electrons. The van der Waals surface area contributed by atoms with Crippen molar-refractivity contribution in [3.63, 3.8) is 0 Å². The molecule has 1 rings (SSSR count). The first kappa shape index (κ1) is 12.2. The molecule has 4 heteroatoms. The molecule has 1 atom stereocenters. The summed E-state index contributed by atoms with van der Waals surface area (Å²) in [5.74, 6) is 2.00. The molecule has 1 aromatic heterocycles. The van der Waals surface area contributed by atoms with E-state index in [1.54, 1.807) is 0 Å².